The van der Waals surface area contributed by atoms with Crippen molar-refractivity contribution in [3.05, 3.63) is 83.2 Å². The average Bonchev–Trinajstić information content (AvgIpc) is 2.86. The van der Waals surface area contributed by atoms with Crippen LogP contribution < -0.4 is 0 Å². The van der Waals surface area contributed by atoms with E-state index >= 15 is 13.2 Å². The Balaban J connectivity index is 1.68. The third kappa shape index (κ3) is 5.55. The van der Waals surface area contributed by atoms with E-state index in [2.05, 4.69) is 0 Å². The second-order valence-electron chi connectivity index (χ2n) is 9.53. The van der Waals surface area contributed by atoms with Crippen LogP contribution in [0.4, 0.5) is 22.0 Å². The number of hydrogen-bond acceptors (Lipinski definition) is 0. The average molecular weight is 507 g/mol. The molecule has 1 atom stereocenters. The third-order valence-corrected chi connectivity index (χ3v) is 7.34. The van der Waals surface area contributed by atoms with Crippen LogP contribution in [0.1, 0.15) is 63.4 Å². The van der Waals surface area contributed by atoms with Crippen molar-refractivity contribution in [2.24, 2.45) is 5.92 Å². The van der Waals surface area contributed by atoms with E-state index in [-0.39, 0.29) is 16.5 Å². The lowest BCUT2D eigenvalue weighted by Gasteiger charge is -2.31. The number of halogens is 6. The lowest BCUT2D eigenvalue weighted by atomic mass is 9.75. The summed E-state index contributed by atoms with van der Waals surface area (Å²) in [5.74, 6) is -7.66. The predicted octanol–water partition coefficient (Wildman–Crippen LogP) is 9.79. The standard InChI is InChI=1S/C29H28ClF5/c1-17(30)6-5-7-18-10-12-20(13-11-18)24-25(27(33)29(35)28(34)26(24)32)22-15-14-21(16-23(22)31)19-8-3-2-4-9-19/h2-4,8-9,14-18,20H,5-7,10-13H2,1H3. The van der Waals surface area contributed by atoms with Crippen molar-refractivity contribution >= 4 is 11.6 Å². The summed E-state index contributed by atoms with van der Waals surface area (Å²) in [5.41, 5.74) is 0.243. The van der Waals surface area contributed by atoms with Crippen LogP contribution in [0.25, 0.3) is 22.3 Å². The van der Waals surface area contributed by atoms with Crippen LogP contribution in [0.3, 0.4) is 0 Å². The molecular formula is C29H28ClF5. The second kappa shape index (κ2) is 11.1. The fourth-order valence-electron chi connectivity index (χ4n) is 5.25. The summed E-state index contributed by atoms with van der Waals surface area (Å²) in [5, 5.41) is 0.108. The van der Waals surface area contributed by atoms with E-state index in [0.29, 0.717) is 24.3 Å². The SMILES string of the molecule is CC(Cl)CCCC1CCC(c2c(F)c(F)c(F)c(F)c2-c2ccc(-c3ccccc3)cc2F)CC1. The molecule has 1 unspecified atom stereocenters. The first-order valence-electron chi connectivity index (χ1n) is 12.1. The largest absolute Gasteiger partial charge is 0.206 e. The summed E-state index contributed by atoms with van der Waals surface area (Å²) < 4.78 is 74.1. The van der Waals surface area contributed by atoms with Gasteiger partial charge in [0.1, 0.15) is 5.82 Å². The van der Waals surface area contributed by atoms with Crippen LogP contribution >= 0.6 is 11.6 Å². The first-order chi connectivity index (χ1) is 16.8. The molecule has 0 amide bonds. The normalized spacial score (nSPS) is 19.1. The van der Waals surface area contributed by atoms with E-state index in [0.717, 1.165) is 37.7 Å². The zero-order valence-electron chi connectivity index (χ0n) is 19.6. The highest BCUT2D eigenvalue weighted by Crippen LogP contribution is 2.45. The Bertz CT molecular complexity index is 1170. The Morgan fingerprint density at radius 2 is 1.46 bits per heavy atom. The molecule has 1 saturated carbocycles. The topological polar surface area (TPSA) is 0 Å². The molecule has 0 aromatic heterocycles. The Kier molecular flexibility index (Phi) is 8.16. The number of hydrogen-bond donors (Lipinski definition) is 0. The molecular weight excluding hydrogens is 479 g/mol. The summed E-state index contributed by atoms with van der Waals surface area (Å²) in [7, 11) is 0. The zero-order chi connectivity index (χ0) is 25.1. The Morgan fingerprint density at radius 3 is 2.09 bits per heavy atom. The zero-order valence-corrected chi connectivity index (χ0v) is 20.3. The van der Waals surface area contributed by atoms with Gasteiger partial charge in [-0.05, 0) is 68.1 Å². The maximum atomic E-state index is 15.3. The summed E-state index contributed by atoms with van der Waals surface area (Å²) in [6, 6.07) is 13.1. The molecule has 0 heterocycles. The van der Waals surface area contributed by atoms with Crippen LogP contribution in [0.15, 0.2) is 48.5 Å². The summed E-state index contributed by atoms with van der Waals surface area (Å²) in [6.45, 7) is 1.95. The smallest absolute Gasteiger partial charge is 0.198 e. The Labute approximate surface area is 208 Å². The van der Waals surface area contributed by atoms with Crippen molar-refractivity contribution in [1.29, 1.82) is 0 Å². The number of rotatable bonds is 7. The second-order valence-corrected chi connectivity index (χ2v) is 10.3. The molecule has 3 aromatic carbocycles. The quantitative estimate of drug-likeness (QED) is 0.129. The van der Waals surface area contributed by atoms with E-state index in [9.17, 15) is 8.78 Å². The van der Waals surface area contributed by atoms with Crippen molar-refractivity contribution in [1.82, 2.24) is 0 Å². The number of benzene rings is 3. The van der Waals surface area contributed by atoms with Gasteiger partial charge in [0.05, 0.1) is 0 Å². The highest BCUT2D eigenvalue weighted by atomic mass is 35.5. The molecule has 186 valence electrons. The summed E-state index contributed by atoms with van der Waals surface area (Å²) in [4.78, 5) is 0. The van der Waals surface area contributed by atoms with Crippen molar-refractivity contribution in [3.63, 3.8) is 0 Å². The Morgan fingerprint density at radius 1 is 0.800 bits per heavy atom. The molecule has 0 bridgehead atoms. The van der Waals surface area contributed by atoms with Crippen LogP contribution in [0.2, 0.25) is 0 Å². The Hall–Kier alpha value is -2.40. The van der Waals surface area contributed by atoms with Crippen LogP contribution in [-0.4, -0.2) is 5.38 Å². The van der Waals surface area contributed by atoms with E-state index in [4.69, 9.17) is 11.6 Å². The molecule has 1 fully saturated rings. The van der Waals surface area contributed by atoms with E-state index in [1.165, 1.54) is 12.1 Å². The first-order valence-corrected chi connectivity index (χ1v) is 12.6. The van der Waals surface area contributed by atoms with Gasteiger partial charge in [-0.25, -0.2) is 22.0 Å². The van der Waals surface area contributed by atoms with E-state index in [1.54, 1.807) is 30.3 Å². The van der Waals surface area contributed by atoms with Gasteiger partial charge < -0.3 is 0 Å². The molecule has 0 aliphatic heterocycles. The van der Waals surface area contributed by atoms with E-state index < -0.39 is 40.6 Å². The molecule has 35 heavy (non-hydrogen) atoms. The van der Waals surface area contributed by atoms with Crippen molar-refractivity contribution < 1.29 is 22.0 Å². The van der Waals surface area contributed by atoms with Gasteiger partial charge in [-0.2, -0.15) is 0 Å². The minimum absolute atomic E-state index is 0.108. The highest BCUT2D eigenvalue weighted by molar-refractivity contribution is 6.20. The molecule has 0 radical (unpaired) electrons. The van der Waals surface area contributed by atoms with Gasteiger partial charge in [0.15, 0.2) is 23.3 Å². The third-order valence-electron chi connectivity index (χ3n) is 7.12. The summed E-state index contributed by atoms with van der Waals surface area (Å²) >= 11 is 6.02. The van der Waals surface area contributed by atoms with Gasteiger partial charge in [-0.3, -0.25) is 0 Å². The number of alkyl halides is 1. The van der Waals surface area contributed by atoms with Crippen molar-refractivity contribution in [2.45, 2.75) is 63.2 Å². The van der Waals surface area contributed by atoms with Gasteiger partial charge in [-0.15, -0.1) is 11.6 Å². The predicted molar refractivity (Wildman–Crippen MR) is 131 cm³/mol. The summed E-state index contributed by atoms with van der Waals surface area (Å²) in [6.07, 6.45) is 5.40. The van der Waals surface area contributed by atoms with Crippen LogP contribution in [0.5, 0.6) is 0 Å². The van der Waals surface area contributed by atoms with Crippen LogP contribution in [0, 0.1) is 35.0 Å². The lowest BCUT2D eigenvalue weighted by molar-refractivity contribution is 0.296. The van der Waals surface area contributed by atoms with Gasteiger partial charge in [0.2, 0.25) is 0 Å². The van der Waals surface area contributed by atoms with Gasteiger partial charge >= 0.3 is 0 Å². The molecule has 0 N–H and O–H groups in total. The van der Waals surface area contributed by atoms with Gasteiger partial charge in [0, 0.05) is 22.1 Å². The molecule has 6 heteroatoms. The monoisotopic (exact) mass is 506 g/mol. The van der Waals surface area contributed by atoms with Gasteiger partial charge in [0.25, 0.3) is 0 Å². The maximum absolute atomic E-state index is 15.3. The van der Waals surface area contributed by atoms with Crippen molar-refractivity contribution in [2.75, 3.05) is 0 Å². The lowest BCUT2D eigenvalue weighted by Crippen LogP contribution is -2.18. The fraction of sp³-hybridized carbons (Fsp3) is 0.379. The highest BCUT2D eigenvalue weighted by Gasteiger charge is 2.33. The minimum atomic E-state index is -1.92. The molecule has 0 nitrogen and oxygen atoms in total. The maximum Gasteiger partial charge on any atom is 0.198 e. The van der Waals surface area contributed by atoms with Crippen molar-refractivity contribution in [3.8, 4) is 22.3 Å². The molecule has 0 saturated heterocycles. The molecule has 1 aliphatic rings. The first kappa shape index (κ1) is 25.7. The molecule has 1 aliphatic carbocycles. The minimum Gasteiger partial charge on any atom is -0.206 e. The van der Waals surface area contributed by atoms with Gasteiger partial charge in [-0.1, -0.05) is 55.3 Å². The van der Waals surface area contributed by atoms with Crippen LogP contribution in [-0.2, 0) is 0 Å². The molecule has 4 rings (SSSR count). The van der Waals surface area contributed by atoms with E-state index in [1.807, 2.05) is 13.0 Å². The molecule has 3 aromatic rings. The fourth-order valence-corrected chi connectivity index (χ4v) is 5.41. The molecule has 0 spiro atoms.